The van der Waals surface area contributed by atoms with Crippen molar-refractivity contribution in [2.24, 2.45) is 0 Å². The van der Waals surface area contributed by atoms with Gasteiger partial charge in [-0.2, -0.15) is 0 Å². The maximum atomic E-state index is 13.3. The largest absolute Gasteiger partial charge is 0.469 e. The number of benzene rings is 2. The molecule has 0 aliphatic heterocycles. The van der Waals surface area contributed by atoms with Crippen LogP contribution < -0.4 is 0 Å². The fourth-order valence-electron chi connectivity index (χ4n) is 3.51. The van der Waals surface area contributed by atoms with E-state index in [1.54, 1.807) is 24.3 Å². The Morgan fingerprint density at radius 2 is 1.11 bits per heavy atom. The lowest BCUT2D eigenvalue weighted by Crippen LogP contribution is -2.31. The van der Waals surface area contributed by atoms with Crippen molar-refractivity contribution in [1.29, 1.82) is 0 Å². The standard InChI is InChI=1S/C13H16BrFO4.C13H16BrFO3/c1-17-12(16)6-7-13(18-2,19-3)9-4-5-11(15)10(14)8-9;1-9(16)6-7-13(17-2,18-3)10-4-5-12(15)11(14)8-10/h4-5,8H,6-7H2,1-3H3;4-5,8H,6-7H2,1-3H3. The van der Waals surface area contributed by atoms with Gasteiger partial charge in [0.05, 0.1) is 22.5 Å². The van der Waals surface area contributed by atoms with Gasteiger partial charge in [-0.15, -0.1) is 0 Å². The van der Waals surface area contributed by atoms with Crippen molar-refractivity contribution in [2.75, 3.05) is 35.5 Å². The normalized spacial score (nSPS) is 11.5. The highest BCUT2D eigenvalue weighted by atomic mass is 79.9. The second kappa shape index (κ2) is 15.6. The summed E-state index contributed by atoms with van der Waals surface area (Å²) < 4.78 is 53.3. The monoisotopic (exact) mass is 652 g/mol. The van der Waals surface area contributed by atoms with E-state index in [0.29, 0.717) is 32.9 Å². The molecule has 0 saturated heterocycles. The molecule has 2 aromatic carbocycles. The van der Waals surface area contributed by atoms with Crippen LogP contribution in [-0.2, 0) is 44.8 Å². The molecular weight excluding hydrogens is 622 g/mol. The molecule has 0 aliphatic carbocycles. The lowest BCUT2D eigenvalue weighted by atomic mass is 9.99. The minimum atomic E-state index is -1.11. The van der Waals surface area contributed by atoms with Crippen LogP contribution in [0.4, 0.5) is 8.78 Å². The van der Waals surface area contributed by atoms with Gasteiger partial charge in [0.1, 0.15) is 17.4 Å². The van der Waals surface area contributed by atoms with Gasteiger partial charge in [0.25, 0.3) is 0 Å². The van der Waals surface area contributed by atoms with Crippen LogP contribution in [0.2, 0.25) is 0 Å². The van der Waals surface area contributed by atoms with Gasteiger partial charge in [-0.05, 0) is 63.0 Å². The Bertz CT molecular complexity index is 1040. The van der Waals surface area contributed by atoms with Crippen LogP contribution >= 0.6 is 31.9 Å². The Hall–Kier alpha value is -1.76. The molecule has 2 rings (SSSR count). The van der Waals surface area contributed by atoms with Crippen LogP contribution in [0, 0.1) is 11.6 Å². The van der Waals surface area contributed by atoms with E-state index in [-0.39, 0.29) is 36.2 Å². The van der Waals surface area contributed by atoms with Crippen molar-refractivity contribution in [1.82, 2.24) is 0 Å². The topological polar surface area (TPSA) is 80.3 Å². The van der Waals surface area contributed by atoms with Gasteiger partial charge in [0, 0.05) is 58.8 Å². The second-order valence-electron chi connectivity index (χ2n) is 7.86. The van der Waals surface area contributed by atoms with Crippen LogP contribution in [0.1, 0.15) is 43.7 Å². The Balaban J connectivity index is 0.000000371. The molecule has 0 radical (unpaired) electrons. The number of ether oxygens (including phenoxy) is 5. The minimum Gasteiger partial charge on any atom is -0.469 e. The number of Topliss-reactive ketones (excluding diaryl/α,β-unsaturated/α-hetero) is 1. The van der Waals surface area contributed by atoms with Gasteiger partial charge in [-0.3, -0.25) is 4.79 Å². The van der Waals surface area contributed by atoms with Crippen LogP contribution in [-0.4, -0.2) is 47.3 Å². The Morgan fingerprint density at radius 1 is 0.730 bits per heavy atom. The fourth-order valence-corrected chi connectivity index (χ4v) is 4.27. The van der Waals surface area contributed by atoms with Crippen molar-refractivity contribution in [3.63, 3.8) is 0 Å². The van der Waals surface area contributed by atoms with Gasteiger partial charge >= 0.3 is 5.97 Å². The predicted octanol–water partition coefficient (Wildman–Crippen LogP) is 6.39. The molecule has 0 fully saturated rings. The molecule has 0 atom stereocenters. The number of halogens is 4. The lowest BCUT2D eigenvalue weighted by Gasteiger charge is -2.31. The number of esters is 1. The third kappa shape index (κ3) is 9.19. The molecule has 0 N–H and O–H groups in total. The number of carbonyl (C=O) groups is 2. The van der Waals surface area contributed by atoms with E-state index < -0.39 is 11.6 Å². The molecule has 37 heavy (non-hydrogen) atoms. The van der Waals surface area contributed by atoms with E-state index in [9.17, 15) is 18.4 Å². The van der Waals surface area contributed by atoms with Gasteiger partial charge in [-0.25, -0.2) is 8.78 Å². The molecule has 2 aromatic rings. The SMILES string of the molecule is COC(=O)CCC(OC)(OC)c1ccc(F)c(Br)c1.COC(CCC(C)=O)(OC)c1ccc(F)c(Br)c1. The number of carbonyl (C=O) groups excluding carboxylic acids is 2. The zero-order valence-corrected chi connectivity index (χ0v) is 24.8. The highest BCUT2D eigenvalue weighted by Gasteiger charge is 2.34. The molecule has 0 unspecified atom stereocenters. The molecule has 0 bridgehead atoms. The second-order valence-corrected chi connectivity index (χ2v) is 9.57. The van der Waals surface area contributed by atoms with Crippen LogP contribution in [0.15, 0.2) is 45.3 Å². The molecule has 0 amide bonds. The average molecular weight is 654 g/mol. The van der Waals surface area contributed by atoms with E-state index in [1.807, 2.05) is 0 Å². The van der Waals surface area contributed by atoms with E-state index in [0.717, 1.165) is 0 Å². The molecule has 206 valence electrons. The molecule has 0 saturated carbocycles. The first kappa shape index (κ1) is 33.3. The van der Waals surface area contributed by atoms with Crippen molar-refractivity contribution in [3.8, 4) is 0 Å². The number of hydrogen-bond donors (Lipinski definition) is 0. The summed E-state index contributed by atoms with van der Waals surface area (Å²) in [5.41, 5.74) is 1.29. The van der Waals surface area contributed by atoms with Crippen molar-refractivity contribution >= 4 is 43.6 Å². The first-order chi connectivity index (χ1) is 17.4. The van der Waals surface area contributed by atoms with E-state index in [1.165, 1.54) is 54.6 Å². The van der Waals surface area contributed by atoms with Crippen molar-refractivity contribution in [2.45, 2.75) is 44.2 Å². The van der Waals surface area contributed by atoms with Crippen LogP contribution in [0.25, 0.3) is 0 Å². The summed E-state index contributed by atoms with van der Waals surface area (Å²) in [6.07, 6.45) is 1.11. The predicted molar refractivity (Wildman–Crippen MR) is 141 cm³/mol. The highest BCUT2D eigenvalue weighted by Crippen LogP contribution is 2.34. The number of rotatable bonds is 12. The van der Waals surface area contributed by atoms with Crippen molar-refractivity contribution < 1.29 is 42.1 Å². The molecule has 7 nitrogen and oxygen atoms in total. The maximum Gasteiger partial charge on any atom is 0.305 e. The smallest absolute Gasteiger partial charge is 0.305 e. The number of methoxy groups -OCH3 is 5. The van der Waals surface area contributed by atoms with Crippen LogP contribution in [0.3, 0.4) is 0 Å². The quantitative estimate of drug-likeness (QED) is 0.194. The maximum absolute atomic E-state index is 13.3. The summed E-state index contributed by atoms with van der Waals surface area (Å²) in [6, 6.07) is 8.96. The Labute approximate surface area is 233 Å². The summed E-state index contributed by atoms with van der Waals surface area (Å²) >= 11 is 6.24. The van der Waals surface area contributed by atoms with Gasteiger partial charge in [0.2, 0.25) is 0 Å². The summed E-state index contributed by atoms with van der Waals surface area (Å²) in [6.45, 7) is 1.51. The van der Waals surface area contributed by atoms with Crippen molar-refractivity contribution in [3.05, 3.63) is 68.1 Å². The van der Waals surface area contributed by atoms with Gasteiger partial charge < -0.3 is 28.5 Å². The number of hydrogen-bond acceptors (Lipinski definition) is 7. The summed E-state index contributed by atoms with van der Waals surface area (Å²) in [4.78, 5) is 22.3. The summed E-state index contributed by atoms with van der Waals surface area (Å²) in [7, 11) is 7.26. The van der Waals surface area contributed by atoms with Gasteiger partial charge in [-0.1, -0.05) is 12.1 Å². The van der Waals surface area contributed by atoms with Gasteiger partial charge in [0.15, 0.2) is 11.6 Å². The molecular formula is C26H32Br2F2O7. The molecule has 0 spiro atoms. The molecule has 11 heteroatoms. The highest BCUT2D eigenvalue weighted by molar-refractivity contribution is 9.10. The Morgan fingerprint density at radius 3 is 1.41 bits per heavy atom. The summed E-state index contributed by atoms with van der Waals surface area (Å²) in [5, 5.41) is 0. The fraction of sp³-hybridized carbons (Fsp3) is 0.462. The molecule has 0 aliphatic rings. The third-order valence-electron chi connectivity index (χ3n) is 5.73. The summed E-state index contributed by atoms with van der Waals surface area (Å²) in [5.74, 6) is -3.18. The first-order valence-corrected chi connectivity index (χ1v) is 12.7. The van der Waals surface area contributed by atoms with Crippen LogP contribution in [0.5, 0.6) is 0 Å². The van der Waals surface area contributed by atoms with E-state index in [4.69, 9.17) is 18.9 Å². The Kier molecular flexibility index (Phi) is 14.0. The zero-order valence-electron chi connectivity index (χ0n) is 21.7. The third-order valence-corrected chi connectivity index (χ3v) is 6.95. The van der Waals surface area contributed by atoms with E-state index >= 15 is 0 Å². The lowest BCUT2D eigenvalue weighted by molar-refractivity contribution is -0.222. The number of ketones is 1. The minimum absolute atomic E-state index is 0.0506. The van der Waals surface area contributed by atoms with E-state index in [2.05, 4.69) is 36.6 Å². The zero-order chi connectivity index (χ0) is 28.2. The first-order valence-electron chi connectivity index (χ1n) is 11.1. The average Bonchev–Trinajstić information content (AvgIpc) is 2.89. The molecule has 0 heterocycles. The molecule has 0 aromatic heterocycles.